The molecule has 0 bridgehead atoms. The summed E-state index contributed by atoms with van der Waals surface area (Å²) in [5.41, 5.74) is 3.65. The van der Waals surface area contributed by atoms with Gasteiger partial charge in [0, 0.05) is 11.4 Å². The molecule has 0 saturated carbocycles. The van der Waals surface area contributed by atoms with Crippen molar-refractivity contribution in [3.63, 3.8) is 0 Å². The summed E-state index contributed by atoms with van der Waals surface area (Å²) in [4.78, 5) is 4.47. The number of nitrogens with zero attached hydrogens (tertiary/aromatic N) is 1. The number of fused-ring (bicyclic) bond motifs is 1. The summed E-state index contributed by atoms with van der Waals surface area (Å²) in [5, 5.41) is 0. The molecule has 0 saturated heterocycles. The van der Waals surface area contributed by atoms with E-state index in [4.69, 9.17) is 16.0 Å². The number of hydrogen-bond donors (Lipinski definition) is 0. The van der Waals surface area contributed by atoms with E-state index in [-0.39, 0.29) is 0 Å². The Morgan fingerprint density at radius 3 is 2.59 bits per heavy atom. The highest BCUT2D eigenvalue weighted by molar-refractivity contribution is 6.17. The van der Waals surface area contributed by atoms with Crippen LogP contribution in [0.4, 0.5) is 0 Å². The number of halogens is 1. The van der Waals surface area contributed by atoms with Gasteiger partial charge in [-0.25, -0.2) is 4.98 Å². The minimum atomic E-state index is 0.453. The van der Waals surface area contributed by atoms with Crippen LogP contribution in [0.1, 0.15) is 5.56 Å². The highest BCUT2D eigenvalue weighted by Gasteiger charge is 2.10. The molecule has 1 aromatic heterocycles. The SMILES string of the molecule is ClCc1ccccc1-c1nc2ccccc2o1. The molecule has 0 unspecified atom stereocenters. The first-order chi connectivity index (χ1) is 8.38. The van der Waals surface area contributed by atoms with Crippen molar-refractivity contribution in [1.82, 2.24) is 4.98 Å². The van der Waals surface area contributed by atoms with Crippen molar-refractivity contribution in [1.29, 1.82) is 0 Å². The minimum absolute atomic E-state index is 0.453. The number of alkyl halides is 1. The van der Waals surface area contributed by atoms with Crippen LogP contribution in [-0.2, 0) is 5.88 Å². The monoisotopic (exact) mass is 243 g/mol. The Hall–Kier alpha value is -1.80. The second-order valence-corrected chi connectivity index (χ2v) is 4.04. The van der Waals surface area contributed by atoms with Crippen LogP contribution in [0.15, 0.2) is 52.9 Å². The average Bonchev–Trinajstić information content (AvgIpc) is 2.82. The lowest BCUT2D eigenvalue weighted by atomic mass is 10.1. The third-order valence-corrected chi connectivity index (χ3v) is 2.97. The average molecular weight is 244 g/mol. The van der Waals surface area contributed by atoms with Crippen LogP contribution >= 0.6 is 11.6 Å². The van der Waals surface area contributed by atoms with E-state index in [0.717, 1.165) is 22.2 Å². The second-order valence-electron chi connectivity index (χ2n) is 3.78. The first-order valence-corrected chi connectivity index (χ1v) is 5.92. The summed E-state index contributed by atoms with van der Waals surface area (Å²) in [6.07, 6.45) is 0. The molecule has 0 amide bonds. The first-order valence-electron chi connectivity index (χ1n) is 5.38. The number of para-hydroxylation sites is 2. The highest BCUT2D eigenvalue weighted by atomic mass is 35.5. The largest absolute Gasteiger partial charge is 0.436 e. The molecule has 2 aromatic carbocycles. The Morgan fingerprint density at radius 2 is 1.76 bits per heavy atom. The van der Waals surface area contributed by atoms with E-state index in [1.54, 1.807) is 0 Å². The lowest BCUT2D eigenvalue weighted by Crippen LogP contribution is -1.85. The van der Waals surface area contributed by atoms with Crippen LogP contribution in [0.3, 0.4) is 0 Å². The number of rotatable bonds is 2. The Balaban J connectivity index is 2.20. The first kappa shape index (κ1) is 10.4. The molecule has 3 rings (SSSR count). The van der Waals surface area contributed by atoms with Crippen LogP contribution in [-0.4, -0.2) is 4.98 Å². The maximum atomic E-state index is 5.91. The molecule has 3 aromatic rings. The van der Waals surface area contributed by atoms with E-state index in [9.17, 15) is 0 Å². The normalized spacial score (nSPS) is 10.9. The zero-order chi connectivity index (χ0) is 11.7. The van der Waals surface area contributed by atoms with Gasteiger partial charge in [-0.05, 0) is 23.8 Å². The fourth-order valence-electron chi connectivity index (χ4n) is 1.83. The van der Waals surface area contributed by atoms with Gasteiger partial charge in [-0.1, -0.05) is 30.3 Å². The van der Waals surface area contributed by atoms with Crippen molar-refractivity contribution in [2.45, 2.75) is 5.88 Å². The smallest absolute Gasteiger partial charge is 0.227 e. The number of benzene rings is 2. The molecule has 0 N–H and O–H groups in total. The third kappa shape index (κ3) is 1.81. The maximum absolute atomic E-state index is 5.91. The Kier molecular flexibility index (Phi) is 2.57. The maximum Gasteiger partial charge on any atom is 0.227 e. The van der Waals surface area contributed by atoms with Gasteiger partial charge < -0.3 is 4.42 Å². The molecule has 0 aliphatic rings. The van der Waals surface area contributed by atoms with Gasteiger partial charge in [0.25, 0.3) is 0 Å². The van der Waals surface area contributed by atoms with Gasteiger partial charge in [-0.15, -0.1) is 11.6 Å². The number of hydrogen-bond acceptors (Lipinski definition) is 2. The quantitative estimate of drug-likeness (QED) is 0.630. The molecular weight excluding hydrogens is 234 g/mol. The molecule has 84 valence electrons. The molecule has 0 radical (unpaired) electrons. The van der Waals surface area contributed by atoms with Gasteiger partial charge in [0.1, 0.15) is 5.52 Å². The van der Waals surface area contributed by atoms with Crippen molar-refractivity contribution in [3.05, 3.63) is 54.1 Å². The van der Waals surface area contributed by atoms with Crippen molar-refractivity contribution >= 4 is 22.7 Å². The summed E-state index contributed by atoms with van der Waals surface area (Å²) in [6, 6.07) is 15.6. The molecule has 0 aliphatic carbocycles. The van der Waals surface area contributed by atoms with E-state index in [1.165, 1.54) is 0 Å². The zero-order valence-electron chi connectivity index (χ0n) is 9.06. The van der Waals surface area contributed by atoms with Crippen LogP contribution in [0.5, 0.6) is 0 Å². The zero-order valence-corrected chi connectivity index (χ0v) is 9.82. The van der Waals surface area contributed by atoms with Crippen LogP contribution in [0.2, 0.25) is 0 Å². The van der Waals surface area contributed by atoms with E-state index in [0.29, 0.717) is 11.8 Å². The summed E-state index contributed by atoms with van der Waals surface area (Å²) < 4.78 is 5.73. The van der Waals surface area contributed by atoms with E-state index in [2.05, 4.69) is 4.98 Å². The third-order valence-electron chi connectivity index (χ3n) is 2.69. The molecule has 3 heteroatoms. The van der Waals surface area contributed by atoms with E-state index < -0.39 is 0 Å². The molecule has 17 heavy (non-hydrogen) atoms. The Morgan fingerprint density at radius 1 is 1.00 bits per heavy atom. The summed E-state index contributed by atoms with van der Waals surface area (Å²) in [5.74, 6) is 1.08. The minimum Gasteiger partial charge on any atom is -0.436 e. The molecule has 0 aliphatic heterocycles. The lowest BCUT2D eigenvalue weighted by molar-refractivity contribution is 0.619. The highest BCUT2D eigenvalue weighted by Crippen LogP contribution is 2.27. The van der Waals surface area contributed by atoms with Gasteiger partial charge in [0.2, 0.25) is 5.89 Å². The van der Waals surface area contributed by atoms with Crippen molar-refractivity contribution in [3.8, 4) is 11.5 Å². The van der Waals surface area contributed by atoms with Gasteiger partial charge in [0.15, 0.2) is 5.58 Å². The molecule has 0 fully saturated rings. The number of oxazole rings is 1. The van der Waals surface area contributed by atoms with Gasteiger partial charge in [-0.3, -0.25) is 0 Å². The van der Waals surface area contributed by atoms with Crippen molar-refractivity contribution < 1.29 is 4.42 Å². The van der Waals surface area contributed by atoms with E-state index in [1.807, 2.05) is 48.5 Å². The molecule has 2 nitrogen and oxygen atoms in total. The van der Waals surface area contributed by atoms with Crippen LogP contribution < -0.4 is 0 Å². The summed E-state index contributed by atoms with van der Waals surface area (Å²) in [6.45, 7) is 0. The summed E-state index contributed by atoms with van der Waals surface area (Å²) >= 11 is 5.91. The molecule has 0 atom stereocenters. The van der Waals surface area contributed by atoms with Crippen molar-refractivity contribution in [2.75, 3.05) is 0 Å². The van der Waals surface area contributed by atoms with Crippen molar-refractivity contribution in [2.24, 2.45) is 0 Å². The predicted molar refractivity (Wildman–Crippen MR) is 69.0 cm³/mol. The second kappa shape index (κ2) is 4.22. The standard InChI is InChI=1S/C14H10ClNO/c15-9-10-5-1-2-6-11(10)14-16-12-7-3-4-8-13(12)17-14/h1-8H,9H2. The van der Waals surface area contributed by atoms with Crippen LogP contribution in [0, 0.1) is 0 Å². The van der Waals surface area contributed by atoms with Crippen LogP contribution in [0.25, 0.3) is 22.6 Å². The Bertz CT molecular complexity index is 627. The lowest BCUT2D eigenvalue weighted by Gasteiger charge is -2.01. The molecular formula is C14H10ClNO. The fraction of sp³-hybridized carbons (Fsp3) is 0.0714. The van der Waals surface area contributed by atoms with E-state index >= 15 is 0 Å². The molecule has 0 spiro atoms. The fourth-order valence-corrected chi connectivity index (χ4v) is 2.07. The van der Waals surface area contributed by atoms with Gasteiger partial charge in [-0.2, -0.15) is 0 Å². The Labute approximate surface area is 104 Å². The summed E-state index contributed by atoms with van der Waals surface area (Å²) in [7, 11) is 0. The van der Waals surface area contributed by atoms with Gasteiger partial charge in [0.05, 0.1) is 0 Å². The van der Waals surface area contributed by atoms with Gasteiger partial charge >= 0.3 is 0 Å². The number of aromatic nitrogens is 1. The topological polar surface area (TPSA) is 26.0 Å². The molecule has 1 heterocycles. The predicted octanol–water partition coefficient (Wildman–Crippen LogP) is 4.23.